The molecule has 0 bridgehead atoms. The highest BCUT2D eigenvalue weighted by atomic mass is 32.1. The second kappa shape index (κ2) is 4.66. The number of thiophene rings is 1. The highest BCUT2D eigenvalue weighted by Gasteiger charge is 2.33. The standard InChI is InChI=1S/C14H17NO2S/c1-5-11-10-7-9-18-12(10)6-8-15(11)13(16)17-14(2,3)4/h1,7,9,11H,6,8H2,2-4H3/t11-/m1/s1. The van der Waals surface area contributed by atoms with Crippen LogP contribution in [0.4, 0.5) is 4.79 Å². The van der Waals surface area contributed by atoms with E-state index in [4.69, 9.17) is 11.2 Å². The van der Waals surface area contributed by atoms with Crippen LogP contribution in [-0.4, -0.2) is 23.1 Å². The summed E-state index contributed by atoms with van der Waals surface area (Å²) in [5.41, 5.74) is 0.574. The molecule has 0 N–H and O–H groups in total. The Kier molecular flexibility index (Phi) is 3.36. The summed E-state index contributed by atoms with van der Waals surface area (Å²) in [4.78, 5) is 15.0. The normalized spacial score (nSPS) is 19.0. The molecule has 1 amide bonds. The van der Waals surface area contributed by atoms with Gasteiger partial charge in [-0.15, -0.1) is 17.8 Å². The number of hydrogen-bond acceptors (Lipinski definition) is 3. The number of hydrogen-bond donors (Lipinski definition) is 0. The molecule has 0 aromatic carbocycles. The average Bonchev–Trinajstić information content (AvgIpc) is 2.72. The molecule has 0 aliphatic carbocycles. The largest absolute Gasteiger partial charge is 0.444 e. The first-order valence-corrected chi connectivity index (χ1v) is 6.82. The molecule has 2 rings (SSSR count). The van der Waals surface area contributed by atoms with Crippen LogP contribution in [0, 0.1) is 12.3 Å². The van der Waals surface area contributed by atoms with Crippen molar-refractivity contribution in [2.75, 3.05) is 6.54 Å². The number of fused-ring (bicyclic) bond motifs is 1. The average molecular weight is 263 g/mol. The summed E-state index contributed by atoms with van der Waals surface area (Å²) in [6.45, 7) is 6.19. The zero-order valence-electron chi connectivity index (χ0n) is 10.9. The summed E-state index contributed by atoms with van der Waals surface area (Å²) in [5.74, 6) is 2.69. The van der Waals surface area contributed by atoms with Crippen LogP contribution in [0.2, 0.25) is 0 Å². The minimum absolute atomic E-state index is 0.296. The van der Waals surface area contributed by atoms with Crippen molar-refractivity contribution < 1.29 is 9.53 Å². The lowest BCUT2D eigenvalue weighted by Gasteiger charge is -2.34. The first-order chi connectivity index (χ1) is 8.42. The molecule has 3 nitrogen and oxygen atoms in total. The van der Waals surface area contributed by atoms with Gasteiger partial charge in [0.1, 0.15) is 11.6 Å². The van der Waals surface area contributed by atoms with Gasteiger partial charge in [0.05, 0.1) is 0 Å². The lowest BCUT2D eigenvalue weighted by Crippen LogP contribution is -2.42. The molecule has 0 radical (unpaired) electrons. The second-order valence-electron chi connectivity index (χ2n) is 5.29. The number of rotatable bonds is 0. The predicted molar refractivity (Wildman–Crippen MR) is 72.5 cm³/mol. The number of amides is 1. The summed E-state index contributed by atoms with van der Waals surface area (Å²) in [7, 11) is 0. The fourth-order valence-corrected chi connectivity index (χ4v) is 2.92. The Morgan fingerprint density at radius 1 is 1.61 bits per heavy atom. The van der Waals surface area contributed by atoms with Gasteiger partial charge in [-0.25, -0.2) is 4.79 Å². The van der Waals surface area contributed by atoms with Crippen LogP contribution in [-0.2, 0) is 11.2 Å². The monoisotopic (exact) mass is 263 g/mol. The minimum atomic E-state index is -0.495. The Bertz CT molecular complexity index is 493. The Labute approximate surface area is 112 Å². The third kappa shape index (κ3) is 2.51. The van der Waals surface area contributed by atoms with E-state index in [0.29, 0.717) is 6.54 Å². The van der Waals surface area contributed by atoms with Gasteiger partial charge >= 0.3 is 6.09 Å². The van der Waals surface area contributed by atoms with Crippen LogP contribution in [0.15, 0.2) is 11.4 Å². The fourth-order valence-electron chi connectivity index (χ4n) is 2.01. The molecular formula is C14H17NO2S. The lowest BCUT2D eigenvalue weighted by atomic mass is 10.0. The van der Waals surface area contributed by atoms with Crippen molar-refractivity contribution in [3.63, 3.8) is 0 Å². The number of carbonyl (C=O) groups excluding carboxylic acids is 1. The fraction of sp³-hybridized carbons (Fsp3) is 0.500. The topological polar surface area (TPSA) is 29.5 Å². The zero-order valence-corrected chi connectivity index (χ0v) is 11.7. The van der Waals surface area contributed by atoms with Gasteiger partial charge in [-0.3, -0.25) is 4.90 Å². The van der Waals surface area contributed by atoms with Crippen molar-refractivity contribution in [1.82, 2.24) is 4.90 Å². The minimum Gasteiger partial charge on any atom is -0.444 e. The van der Waals surface area contributed by atoms with Crippen molar-refractivity contribution in [1.29, 1.82) is 0 Å². The highest BCUT2D eigenvalue weighted by Crippen LogP contribution is 2.33. The van der Waals surface area contributed by atoms with E-state index in [9.17, 15) is 4.79 Å². The van der Waals surface area contributed by atoms with Crippen LogP contribution < -0.4 is 0 Å². The molecule has 96 valence electrons. The van der Waals surface area contributed by atoms with Crippen molar-refractivity contribution in [2.45, 2.75) is 38.8 Å². The van der Waals surface area contributed by atoms with Gasteiger partial charge in [0.2, 0.25) is 0 Å². The molecule has 18 heavy (non-hydrogen) atoms. The molecule has 1 aromatic rings. The van der Waals surface area contributed by atoms with Crippen LogP contribution in [0.25, 0.3) is 0 Å². The van der Waals surface area contributed by atoms with Crippen LogP contribution in [0.1, 0.15) is 37.3 Å². The third-order valence-corrected chi connectivity index (χ3v) is 3.75. The van der Waals surface area contributed by atoms with Gasteiger partial charge in [-0.05, 0) is 38.6 Å². The van der Waals surface area contributed by atoms with Gasteiger partial charge in [0.15, 0.2) is 0 Å². The third-order valence-electron chi connectivity index (χ3n) is 2.75. The summed E-state index contributed by atoms with van der Waals surface area (Å²) in [5, 5.41) is 2.02. The van der Waals surface area contributed by atoms with Crippen molar-refractivity contribution in [3.05, 3.63) is 21.9 Å². The van der Waals surface area contributed by atoms with E-state index in [-0.39, 0.29) is 12.1 Å². The highest BCUT2D eigenvalue weighted by molar-refractivity contribution is 7.10. The summed E-state index contributed by atoms with van der Waals surface area (Å²) < 4.78 is 5.40. The summed E-state index contributed by atoms with van der Waals surface area (Å²) in [6.07, 6.45) is 6.09. The summed E-state index contributed by atoms with van der Waals surface area (Å²) in [6, 6.07) is 1.70. The van der Waals surface area contributed by atoms with E-state index >= 15 is 0 Å². The van der Waals surface area contributed by atoms with E-state index in [1.165, 1.54) is 4.88 Å². The molecule has 0 saturated heterocycles. The Hall–Kier alpha value is -1.47. The molecule has 4 heteroatoms. The van der Waals surface area contributed by atoms with Crippen LogP contribution in [0.3, 0.4) is 0 Å². The molecule has 1 aliphatic heterocycles. The first-order valence-electron chi connectivity index (χ1n) is 5.94. The molecule has 0 unspecified atom stereocenters. The maximum Gasteiger partial charge on any atom is 0.411 e. The molecule has 2 heterocycles. The Balaban J connectivity index is 2.21. The predicted octanol–water partition coefficient (Wildman–Crippen LogP) is 3.22. The maximum atomic E-state index is 12.1. The van der Waals surface area contributed by atoms with Crippen LogP contribution in [0.5, 0.6) is 0 Å². The number of ether oxygens (including phenoxy) is 1. The second-order valence-corrected chi connectivity index (χ2v) is 6.29. The van der Waals surface area contributed by atoms with Gasteiger partial charge in [-0.2, -0.15) is 0 Å². The van der Waals surface area contributed by atoms with Crippen molar-refractivity contribution in [2.24, 2.45) is 0 Å². The molecule has 1 aromatic heterocycles. The number of carbonyl (C=O) groups is 1. The molecular weight excluding hydrogens is 246 g/mol. The number of terminal acetylenes is 1. The quantitative estimate of drug-likeness (QED) is 0.673. The van der Waals surface area contributed by atoms with Gasteiger partial charge in [0.25, 0.3) is 0 Å². The smallest absolute Gasteiger partial charge is 0.411 e. The molecule has 1 atom stereocenters. The van der Waals surface area contributed by atoms with Gasteiger partial charge in [-0.1, -0.05) is 5.92 Å². The maximum absolute atomic E-state index is 12.1. The van der Waals surface area contributed by atoms with Crippen LogP contribution >= 0.6 is 11.3 Å². The molecule has 0 fully saturated rings. The number of nitrogens with zero attached hydrogens (tertiary/aromatic N) is 1. The van der Waals surface area contributed by atoms with Gasteiger partial charge in [0, 0.05) is 17.0 Å². The summed E-state index contributed by atoms with van der Waals surface area (Å²) >= 11 is 1.70. The van der Waals surface area contributed by atoms with E-state index in [0.717, 1.165) is 12.0 Å². The van der Waals surface area contributed by atoms with Gasteiger partial charge < -0.3 is 4.74 Å². The van der Waals surface area contributed by atoms with E-state index in [1.807, 2.05) is 32.2 Å². The first kappa shape index (κ1) is 13.0. The SMILES string of the molecule is C#C[C@@H]1c2ccsc2CCN1C(=O)OC(C)(C)C. The van der Waals surface area contributed by atoms with E-state index in [2.05, 4.69) is 5.92 Å². The lowest BCUT2D eigenvalue weighted by molar-refractivity contribution is 0.0194. The zero-order chi connectivity index (χ0) is 13.3. The van der Waals surface area contributed by atoms with Crippen molar-refractivity contribution in [3.8, 4) is 12.3 Å². The van der Waals surface area contributed by atoms with E-state index < -0.39 is 5.60 Å². The molecule has 0 spiro atoms. The Morgan fingerprint density at radius 3 is 2.94 bits per heavy atom. The molecule has 1 aliphatic rings. The van der Waals surface area contributed by atoms with E-state index in [1.54, 1.807) is 16.2 Å². The Morgan fingerprint density at radius 2 is 2.33 bits per heavy atom. The van der Waals surface area contributed by atoms with Crippen molar-refractivity contribution >= 4 is 17.4 Å². The molecule has 0 saturated carbocycles.